The second kappa shape index (κ2) is 10.0. The summed E-state index contributed by atoms with van der Waals surface area (Å²) in [4.78, 5) is 21.1. The van der Waals surface area contributed by atoms with Crippen LogP contribution in [-0.4, -0.2) is 50.2 Å². The Morgan fingerprint density at radius 3 is 2.18 bits per heavy atom. The van der Waals surface area contributed by atoms with Crippen molar-refractivity contribution >= 4 is 28.8 Å². The fourth-order valence-electron chi connectivity index (χ4n) is 4.18. The fourth-order valence-corrected chi connectivity index (χ4v) is 5.55. The third-order valence-electron chi connectivity index (χ3n) is 5.96. The van der Waals surface area contributed by atoms with E-state index in [0.29, 0.717) is 41.8 Å². The lowest BCUT2D eigenvalue weighted by atomic mass is 9.97. The predicted molar refractivity (Wildman–Crippen MR) is 131 cm³/mol. The predicted octanol–water partition coefficient (Wildman–Crippen LogP) is 5.82. The summed E-state index contributed by atoms with van der Waals surface area (Å²) in [6.45, 7) is 3.40. The molecule has 4 rings (SSSR count). The maximum atomic E-state index is 13.2. The van der Waals surface area contributed by atoms with Crippen LogP contribution in [0.4, 0.5) is 0 Å². The van der Waals surface area contributed by atoms with E-state index in [1.165, 1.54) is 4.88 Å². The molecule has 1 aliphatic rings. The molecule has 1 aliphatic heterocycles. The smallest absolute Gasteiger partial charge is 0.254 e. The number of carbonyl (C=O) groups is 1. The van der Waals surface area contributed by atoms with Gasteiger partial charge in [-0.05, 0) is 49.6 Å². The van der Waals surface area contributed by atoms with E-state index >= 15 is 0 Å². The fraction of sp³-hybridized carbons (Fsp3) is 0.360. The molecule has 1 fully saturated rings. The number of methoxy groups -OCH3 is 3. The lowest BCUT2D eigenvalue weighted by Gasteiger charge is -2.31. The molecule has 174 valence electrons. The van der Waals surface area contributed by atoms with Gasteiger partial charge in [0.15, 0.2) is 11.5 Å². The molecule has 6 nitrogen and oxygen atoms in total. The summed E-state index contributed by atoms with van der Waals surface area (Å²) in [5.74, 6) is 1.74. The normalized spacial score (nSPS) is 14.3. The Hall–Kier alpha value is -2.77. The molecule has 2 heterocycles. The summed E-state index contributed by atoms with van der Waals surface area (Å²) in [5.41, 5.74) is 2.70. The minimum absolute atomic E-state index is 0.0372. The van der Waals surface area contributed by atoms with Gasteiger partial charge < -0.3 is 19.1 Å². The van der Waals surface area contributed by atoms with E-state index in [0.717, 1.165) is 34.1 Å². The van der Waals surface area contributed by atoms with Crippen molar-refractivity contribution in [3.05, 3.63) is 57.7 Å². The van der Waals surface area contributed by atoms with Crippen LogP contribution < -0.4 is 14.2 Å². The number of ether oxygens (including phenoxy) is 3. The first-order valence-electron chi connectivity index (χ1n) is 10.8. The highest BCUT2D eigenvalue weighted by molar-refractivity contribution is 7.15. The molecular weight excluding hydrogens is 460 g/mol. The van der Waals surface area contributed by atoms with Crippen molar-refractivity contribution < 1.29 is 19.0 Å². The second-order valence-corrected chi connectivity index (χ2v) is 9.42. The van der Waals surface area contributed by atoms with Crippen LogP contribution in [0.5, 0.6) is 17.2 Å². The Morgan fingerprint density at radius 2 is 1.64 bits per heavy atom. The van der Waals surface area contributed by atoms with Gasteiger partial charge in [-0.1, -0.05) is 23.7 Å². The molecule has 0 saturated carbocycles. The highest BCUT2D eigenvalue weighted by atomic mass is 35.5. The van der Waals surface area contributed by atoms with Gasteiger partial charge >= 0.3 is 0 Å². The Morgan fingerprint density at radius 1 is 1.03 bits per heavy atom. The van der Waals surface area contributed by atoms with Crippen LogP contribution in [-0.2, 0) is 0 Å². The van der Waals surface area contributed by atoms with E-state index in [-0.39, 0.29) is 5.91 Å². The molecule has 0 radical (unpaired) electrons. The Labute approximate surface area is 203 Å². The van der Waals surface area contributed by atoms with E-state index in [1.54, 1.807) is 44.8 Å². The molecule has 2 aromatic carbocycles. The zero-order valence-corrected chi connectivity index (χ0v) is 20.8. The topological polar surface area (TPSA) is 60.9 Å². The highest BCUT2D eigenvalue weighted by Crippen LogP contribution is 2.40. The number of thiazole rings is 1. The van der Waals surface area contributed by atoms with E-state index in [2.05, 4.69) is 0 Å². The molecule has 0 aliphatic carbocycles. The Bertz CT molecular complexity index is 1110. The first-order valence-corrected chi connectivity index (χ1v) is 12.0. The first-order chi connectivity index (χ1) is 15.9. The summed E-state index contributed by atoms with van der Waals surface area (Å²) in [7, 11) is 4.64. The number of hydrogen-bond donors (Lipinski definition) is 0. The molecule has 0 bridgehead atoms. The van der Waals surface area contributed by atoms with Crippen LogP contribution in [0, 0.1) is 6.92 Å². The van der Waals surface area contributed by atoms with Gasteiger partial charge in [-0.3, -0.25) is 4.79 Å². The monoisotopic (exact) mass is 486 g/mol. The van der Waals surface area contributed by atoms with Crippen molar-refractivity contribution in [2.75, 3.05) is 34.4 Å². The summed E-state index contributed by atoms with van der Waals surface area (Å²) >= 11 is 7.77. The number of benzene rings is 2. The number of hydrogen-bond acceptors (Lipinski definition) is 6. The Balaban J connectivity index is 1.47. The zero-order valence-electron chi connectivity index (χ0n) is 19.2. The molecule has 1 aromatic heterocycles. The average Bonchev–Trinajstić information content (AvgIpc) is 3.24. The van der Waals surface area contributed by atoms with E-state index in [1.807, 2.05) is 36.1 Å². The number of aryl methyl sites for hydroxylation is 1. The average molecular weight is 487 g/mol. The Kier molecular flexibility index (Phi) is 7.10. The molecule has 3 aromatic rings. The molecule has 1 amide bonds. The number of aromatic nitrogens is 1. The number of nitrogens with zero attached hydrogens (tertiary/aromatic N) is 2. The van der Waals surface area contributed by atoms with Gasteiger partial charge in [-0.2, -0.15) is 0 Å². The number of halogens is 1. The molecule has 0 atom stereocenters. The first kappa shape index (κ1) is 23.4. The SMILES string of the molecule is COc1cc(C(=O)N2CCC(c3nc(C)c(-c4ccc(Cl)cc4)s3)CC2)cc(OC)c1OC. The van der Waals surface area contributed by atoms with Crippen LogP contribution in [0.15, 0.2) is 36.4 Å². The van der Waals surface area contributed by atoms with Crippen LogP contribution >= 0.6 is 22.9 Å². The number of rotatable bonds is 6. The maximum Gasteiger partial charge on any atom is 0.254 e. The molecule has 0 unspecified atom stereocenters. The van der Waals surface area contributed by atoms with Gasteiger partial charge in [0.25, 0.3) is 5.91 Å². The number of carbonyl (C=O) groups excluding carboxylic acids is 1. The van der Waals surface area contributed by atoms with E-state index < -0.39 is 0 Å². The molecule has 33 heavy (non-hydrogen) atoms. The van der Waals surface area contributed by atoms with Gasteiger partial charge in [-0.15, -0.1) is 11.3 Å². The van der Waals surface area contributed by atoms with Gasteiger partial charge in [0.2, 0.25) is 5.75 Å². The van der Waals surface area contributed by atoms with Crippen molar-refractivity contribution in [2.45, 2.75) is 25.7 Å². The molecule has 1 saturated heterocycles. The quantitative estimate of drug-likeness (QED) is 0.439. The summed E-state index contributed by atoms with van der Waals surface area (Å²) in [6.07, 6.45) is 1.76. The van der Waals surface area contributed by atoms with Crippen molar-refractivity contribution in [1.82, 2.24) is 9.88 Å². The summed E-state index contributed by atoms with van der Waals surface area (Å²) in [5, 5.41) is 1.86. The second-order valence-electron chi connectivity index (χ2n) is 7.95. The largest absolute Gasteiger partial charge is 0.493 e. The lowest BCUT2D eigenvalue weighted by molar-refractivity contribution is 0.0712. The van der Waals surface area contributed by atoms with Crippen molar-refractivity contribution in [1.29, 1.82) is 0 Å². The molecule has 0 N–H and O–H groups in total. The summed E-state index contributed by atoms with van der Waals surface area (Å²) in [6, 6.07) is 11.3. The summed E-state index contributed by atoms with van der Waals surface area (Å²) < 4.78 is 16.2. The van der Waals surface area contributed by atoms with Crippen molar-refractivity contribution in [3.63, 3.8) is 0 Å². The third-order valence-corrected chi connectivity index (χ3v) is 7.58. The van der Waals surface area contributed by atoms with Crippen molar-refractivity contribution in [2.24, 2.45) is 0 Å². The highest BCUT2D eigenvalue weighted by Gasteiger charge is 2.28. The van der Waals surface area contributed by atoms with Gasteiger partial charge in [0.05, 0.1) is 36.9 Å². The minimum Gasteiger partial charge on any atom is -0.493 e. The molecule has 8 heteroatoms. The number of amides is 1. The van der Waals surface area contributed by atoms with Crippen LogP contribution in [0.25, 0.3) is 10.4 Å². The molecule has 0 spiro atoms. The van der Waals surface area contributed by atoms with Crippen LogP contribution in [0.2, 0.25) is 5.02 Å². The van der Waals surface area contributed by atoms with E-state index in [4.69, 9.17) is 30.8 Å². The van der Waals surface area contributed by atoms with Crippen LogP contribution in [0.1, 0.15) is 39.8 Å². The third kappa shape index (κ3) is 4.80. The zero-order chi connectivity index (χ0) is 23.5. The lowest BCUT2D eigenvalue weighted by Crippen LogP contribution is -2.37. The van der Waals surface area contributed by atoms with E-state index in [9.17, 15) is 4.79 Å². The number of piperidine rings is 1. The van der Waals surface area contributed by atoms with Gasteiger partial charge in [0, 0.05) is 29.6 Å². The van der Waals surface area contributed by atoms with Crippen molar-refractivity contribution in [3.8, 4) is 27.7 Å². The van der Waals surface area contributed by atoms with Gasteiger partial charge in [-0.25, -0.2) is 4.98 Å². The van der Waals surface area contributed by atoms with Gasteiger partial charge in [0.1, 0.15) is 0 Å². The molecular formula is C25H27ClN2O4S. The number of likely N-dealkylation sites (tertiary alicyclic amines) is 1. The minimum atomic E-state index is -0.0372. The standard InChI is InChI=1S/C25H27ClN2O4S/c1-15-23(16-5-7-19(26)8-6-16)33-24(27-15)17-9-11-28(12-10-17)25(29)18-13-20(30-2)22(32-4)21(14-18)31-3/h5-8,13-14,17H,9-12H2,1-4H3. The van der Waals surface area contributed by atoms with Crippen LogP contribution in [0.3, 0.4) is 0 Å². The maximum absolute atomic E-state index is 13.2.